The van der Waals surface area contributed by atoms with Crippen LogP contribution < -0.4 is 4.74 Å². The van der Waals surface area contributed by atoms with Gasteiger partial charge in [0.05, 0.1) is 0 Å². The zero-order valence-electron chi connectivity index (χ0n) is 11.1. The molecule has 2 heterocycles. The van der Waals surface area contributed by atoms with Crippen molar-refractivity contribution in [1.82, 2.24) is 29.6 Å². The van der Waals surface area contributed by atoms with Gasteiger partial charge in [0.1, 0.15) is 6.61 Å². The second-order valence-corrected chi connectivity index (χ2v) is 5.04. The molecule has 1 saturated carbocycles. The molecule has 20 heavy (non-hydrogen) atoms. The summed E-state index contributed by atoms with van der Waals surface area (Å²) in [5, 5.41) is 4.14. The number of ether oxygens (including phenoxy) is 1. The van der Waals surface area contributed by atoms with Crippen LogP contribution in [0.3, 0.4) is 0 Å². The molecule has 8 heteroatoms. The first-order chi connectivity index (χ1) is 9.72. The fourth-order valence-electron chi connectivity index (χ4n) is 1.85. The molecule has 0 N–H and O–H groups in total. The van der Waals surface area contributed by atoms with E-state index in [1.165, 1.54) is 17.5 Å². The SMILES string of the molecule is CN(CCOc1nc(Cl)nc(-n2cccn2)n1)C1CC1. The normalized spacial score (nSPS) is 14.8. The van der Waals surface area contributed by atoms with Gasteiger partial charge in [0.2, 0.25) is 5.28 Å². The van der Waals surface area contributed by atoms with E-state index in [2.05, 4.69) is 32.0 Å². The van der Waals surface area contributed by atoms with Crippen molar-refractivity contribution in [2.45, 2.75) is 18.9 Å². The van der Waals surface area contributed by atoms with Crippen molar-refractivity contribution < 1.29 is 4.74 Å². The minimum atomic E-state index is 0.0936. The third-order valence-electron chi connectivity index (χ3n) is 3.13. The number of halogens is 1. The van der Waals surface area contributed by atoms with Crippen molar-refractivity contribution in [1.29, 1.82) is 0 Å². The highest BCUT2D eigenvalue weighted by Crippen LogP contribution is 2.24. The van der Waals surface area contributed by atoms with Crippen LogP contribution in [0.4, 0.5) is 0 Å². The lowest BCUT2D eigenvalue weighted by Crippen LogP contribution is -2.26. The van der Waals surface area contributed by atoms with Crippen LogP contribution in [-0.2, 0) is 0 Å². The summed E-state index contributed by atoms with van der Waals surface area (Å²) >= 11 is 5.88. The number of likely N-dealkylation sites (N-methyl/N-ethyl adjacent to an activating group) is 1. The average molecular weight is 295 g/mol. The minimum absolute atomic E-state index is 0.0936. The Balaban J connectivity index is 1.63. The molecule has 106 valence electrons. The van der Waals surface area contributed by atoms with E-state index in [0.29, 0.717) is 18.6 Å². The Morgan fingerprint density at radius 3 is 2.95 bits per heavy atom. The van der Waals surface area contributed by atoms with Gasteiger partial charge in [-0.1, -0.05) is 0 Å². The quantitative estimate of drug-likeness (QED) is 0.797. The Morgan fingerprint density at radius 2 is 2.25 bits per heavy atom. The summed E-state index contributed by atoms with van der Waals surface area (Å²) in [4.78, 5) is 14.4. The van der Waals surface area contributed by atoms with Crippen LogP contribution >= 0.6 is 11.6 Å². The van der Waals surface area contributed by atoms with Gasteiger partial charge in [-0.2, -0.15) is 20.1 Å². The molecule has 0 aliphatic heterocycles. The van der Waals surface area contributed by atoms with Crippen molar-refractivity contribution >= 4 is 11.6 Å². The third kappa shape index (κ3) is 3.23. The maximum Gasteiger partial charge on any atom is 0.322 e. The van der Waals surface area contributed by atoms with Gasteiger partial charge in [-0.05, 0) is 37.6 Å². The van der Waals surface area contributed by atoms with Crippen LogP contribution in [0.5, 0.6) is 6.01 Å². The zero-order valence-corrected chi connectivity index (χ0v) is 11.9. The Kier molecular flexibility index (Phi) is 3.79. The van der Waals surface area contributed by atoms with E-state index in [4.69, 9.17) is 16.3 Å². The van der Waals surface area contributed by atoms with Crippen LogP contribution in [0, 0.1) is 0 Å². The van der Waals surface area contributed by atoms with E-state index in [9.17, 15) is 0 Å². The van der Waals surface area contributed by atoms with E-state index >= 15 is 0 Å². The molecule has 0 amide bonds. The van der Waals surface area contributed by atoms with Crippen LogP contribution in [0.1, 0.15) is 12.8 Å². The maximum absolute atomic E-state index is 5.88. The van der Waals surface area contributed by atoms with Gasteiger partial charge in [-0.15, -0.1) is 0 Å². The molecule has 0 atom stereocenters. The van der Waals surface area contributed by atoms with Gasteiger partial charge in [0.15, 0.2) is 0 Å². The Bertz CT molecular complexity index is 571. The summed E-state index contributed by atoms with van der Waals surface area (Å²) < 4.78 is 7.06. The number of nitrogens with zero attached hydrogens (tertiary/aromatic N) is 6. The van der Waals surface area contributed by atoms with E-state index in [0.717, 1.165) is 6.54 Å². The first kappa shape index (κ1) is 13.3. The van der Waals surface area contributed by atoms with Crippen molar-refractivity contribution in [3.63, 3.8) is 0 Å². The van der Waals surface area contributed by atoms with Gasteiger partial charge < -0.3 is 9.64 Å². The molecule has 2 aromatic heterocycles. The molecule has 1 fully saturated rings. The maximum atomic E-state index is 5.88. The highest BCUT2D eigenvalue weighted by atomic mass is 35.5. The average Bonchev–Trinajstić information content (AvgIpc) is 3.13. The first-order valence-corrected chi connectivity index (χ1v) is 6.85. The van der Waals surface area contributed by atoms with E-state index < -0.39 is 0 Å². The lowest BCUT2D eigenvalue weighted by Gasteiger charge is -2.15. The zero-order chi connectivity index (χ0) is 13.9. The highest BCUT2D eigenvalue weighted by Gasteiger charge is 2.25. The first-order valence-electron chi connectivity index (χ1n) is 6.47. The Morgan fingerprint density at radius 1 is 1.40 bits per heavy atom. The number of rotatable bonds is 6. The molecule has 0 saturated heterocycles. The van der Waals surface area contributed by atoms with Crippen LogP contribution in [0.2, 0.25) is 5.28 Å². The smallest absolute Gasteiger partial charge is 0.322 e. The monoisotopic (exact) mass is 294 g/mol. The van der Waals surface area contributed by atoms with Crippen molar-refractivity contribution in [3.8, 4) is 12.0 Å². The Labute approximate surface area is 121 Å². The van der Waals surface area contributed by atoms with Crippen LogP contribution in [-0.4, -0.2) is 55.9 Å². The largest absolute Gasteiger partial charge is 0.462 e. The fourth-order valence-corrected chi connectivity index (χ4v) is 2.00. The van der Waals surface area contributed by atoms with Gasteiger partial charge in [0.25, 0.3) is 5.95 Å². The molecule has 1 aliphatic rings. The molecule has 3 rings (SSSR count). The lowest BCUT2D eigenvalue weighted by atomic mass is 10.5. The lowest BCUT2D eigenvalue weighted by molar-refractivity contribution is 0.219. The van der Waals surface area contributed by atoms with Crippen molar-refractivity contribution in [2.75, 3.05) is 20.2 Å². The summed E-state index contributed by atoms with van der Waals surface area (Å²) in [5.74, 6) is 0.348. The number of hydrogen-bond donors (Lipinski definition) is 0. The number of hydrogen-bond acceptors (Lipinski definition) is 6. The molecule has 7 nitrogen and oxygen atoms in total. The van der Waals surface area contributed by atoms with Crippen molar-refractivity contribution in [3.05, 3.63) is 23.7 Å². The Hall–Kier alpha value is -1.73. The molecule has 0 spiro atoms. The van der Waals surface area contributed by atoms with E-state index in [1.807, 2.05) is 0 Å². The second-order valence-electron chi connectivity index (χ2n) is 4.70. The second kappa shape index (κ2) is 5.72. The molecule has 2 aromatic rings. The summed E-state index contributed by atoms with van der Waals surface area (Å²) in [7, 11) is 2.09. The molecule has 1 aliphatic carbocycles. The summed E-state index contributed by atoms with van der Waals surface area (Å²) in [6.45, 7) is 1.36. The van der Waals surface area contributed by atoms with Crippen molar-refractivity contribution in [2.24, 2.45) is 0 Å². The van der Waals surface area contributed by atoms with Gasteiger partial charge in [-0.25, -0.2) is 4.68 Å². The highest BCUT2D eigenvalue weighted by molar-refractivity contribution is 6.28. The van der Waals surface area contributed by atoms with Gasteiger partial charge >= 0.3 is 6.01 Å². The topological polar surface area (TPSA) is 69.0 Å². The standard InChI is InChI=1S/C12H15ClN6O/c1-18(9-3-4-9)7-8-20-12-16-10(13)15-11(17-12)19-6-2-5-14-19/h2,5-6,9H,3-4,7-8H2,1H3. The molecular formula is C12H15ClN6O. The fraction of sp³-hybridized carbons (Fsp3) is 0.500. The predicted molar refractivity (Wildman–Crippen MR) is 73.1 cm³/mol. The van der Waals surface area contributed by atoms with Crippen LogP contribution in [0.25, 0.3) is 5.95 Å². The minimum Gasteiger partial charge on any atom is -0.462 e. The summed E-state index contributed by atoms with van der Waals surface area (Å²) in [5.41, 5.74) is 0. The third-order valence-corrected chi connectivity index (χ3v) is 3.30. The van der Waals surface area contributed by atoms with E-state index in [1.54, 1.807) is 18.5 Å². The molecule has 0 radical (unpaired) electrons. The molecule has 0 bridgehead atoms. The summed E-state index contributed by atoms with van der Waals surface area (Å²) in [6.07, 6.45) is 5.92. The predicted octanol–water partition coefficient (Wildman–Crippen LogP) is 1.18. The number of aromatic nitrogens is 5. The van der Waals surface area contributed by atoms with E-state index in [-0.39, 0.29) is 11.3 Å². The molecule has 0 unspecified atom stereocenters. The van der Waals surface area contributed by atoms with Gasteiger partial charge in [0, 0.05) is 25.0 Å². The van der Waals surface area contributed by atoms with Gasteiger partial charge in [-0.3, -0.25) is 0 Å². The summed E-state index contributed by atoms with van der Waals surface area (Å²) in [6, 6.07) is 2.71. The molecular weight excluding hydrogens is 280 g/mol. The molecule has 0 aromatic carbocycles. The van der Waals surface area contributed by atoms with Crippen LogP contribution in [0.15, 0.2) is 18.5 Å².